The molecule has 0 bridgehead atoms. The molecule has 70 valence electrons. The molecular formula is C6H5BrClN3O2. The molecule has 0 fully saturated rings. The van der Waals surface area contributed by atoms with Crippen molar-refractivity contribution in [1.82, 2.24) is 9.78 Å². The molecule has 7 heteroatoms. The minimum atomic E-state index is -0.551. The van der Waals surface area contributed by atoms with Crippen molar-refractivity contribution in [2.75, 3.05) is 0 Å². The third-order valence-electron chi connectivity index (χ3n) is 1.25. The number of nitro groups is 1. The topological polar surface area (TPSA) is 61.0 Å². The second-order valence-corrected chi connectivity index (χ2v) is 3.25. The van der Waals surface area contributed by atoms with Crippen LogP contribution in [0.15, 0.2) is 22.3 Å². The first-order chi connectivity index (χ1) is 6.15. The monoisotopic (exact) mass is 265 g/mol. The Labute approximate surface area is 87.3 Å². The molecule has 0 aliphatic heterocycles. The molecule has 1 aromatic rings. The van der Waals surface area contributed by atoms with E-state index in [9.17, 15) is 10.1 Å². The first kappa shape index (κ1) is 10.2. The van der Waals surface area contributed by atoms with Crippen molar-refractivity contribution in [3.63, 3.8) is 0 Å². The van der Waals surface area contributed by atoms with Gasteiger partial charge in [-0.15, -0.1) is 0 Å². The third kappa shape index (κ3) is 2.53. The van der Waals surface area contributed by atoms with Crippen molar-refractivity contribution >= 4 is 33.3 Å². The van der Waals surface area contributed by atoms with Crippen LogP contribution in [0.5, 0.6) is 0 Å². The molecule has 0 saturated heterocycles. The van der Waals surface area contributed by atoms with Gasteiger partial charge in [0, 0.05) is 5.54 Å². The summed E-state index contributed by atoms with van der Waals surface area (Å²) >= 11 is 8.32. The van der Waals surface area contributed by atoms with Crippen molar-refractivity contribution in [2.24, 2.45) is 0 Å². The van der Waals surface area contributed by atoms with Gasteiger partial charge in [-0.3, -0.25) is 0 Å². The van der Waals surface area contributed by atoms with Crippen LogP contribution in [0.1, 0.15) is 0 Å². The lowest BCUT2D eigenvalue weighted by Crippen LogP contribution is -1.97. The number of hydrogen-bond acceptors (Lipinski definition) is 3. The predicted molar refractivity (Wildman–Crippen MR) is 51.6 cm³/mol. The van der Waals surface area contributed by atoms with E-state index in [4.69, 9.17) is 11.6 Å². The second-order valence-electron chi connectivity index (χ2n) is 2.14. The zero-order valence-electron chi connectivity index (χ0n) is 6.35. The Kier molecular flexibility index (Phi) is 3.44. The fourth-order valence-electron chi connectivity index (χ4n) is 0.752. The van der Waals surface area contributed by atoms with Gasteiger partial charge in [-0.1, -0.05) is 11.6 Å². The molecule has 1 heterocycles. The highest BCUT2D eigenvalue weighted by atomic mass is 79.9. The molecule has 13 heavy (non-hydrogen) atoms. The van der Waals surface area contributed by atoms with Crippen LogP contribution in [0.2, 0.25) is 0 Å². The SMILES string of the molecule is O=[N+]([O-])c1nn(CC=CCl)cc1Br. The van der Waals surface area contributed by atoms with Crippen LogP contribution >= 0.6 is 27.5 Å². The van der Waals surface area contributed by atoms with E-state index in [0.717, 1.165) is 0 Å². The van der Waals surface area contributed by atoms with E-state index in [1.807, 2.05) is 0 Å². The molecule has 0 aliphatic rings. The van der Waals surface area contributed by atoms with Crippen molar-refractivity contribution < 1.29 is 4.92 Å². The van der Waals surface area contributed by atoms with Crippen molar-refractivity contribution in [1.29, 1.82) is 0 Å². The van der Waals surface area contributed by atoms with E-state index >= 15 is 0 Å². The van der Waals surface area contributed by atoms with E-state index in [2.05, 4.69) is 21.0 Å². The van der Waals surface area contributed by atoms with Crippen molar-refractivity contribution in [3.8, 4) is 0 Å². The minimum absolute atomic E-state index is 0.192. The van der Waals surface area contributed by atoms with Crippen LogP contribution in [-0.4, -0.2) is 14.7 Å². The molecule has 0 saturated carbocycles. The molecule has 1 aromatic heterocycles. The minimum Gasteiger partial charge on any atom is -0.358 e. The maximum absolute atomic E-state index is 10.4. The summed E-state index contributed by atoms with van der Waals surface area (Å²) in [6.45, 7) is 0.413. The molecule has 0 N–H and O–H groups in total. The van der Waals surface area contributed by atoms with E-state index in [-0.39, 0.29) is 5.82 Å². The van der Waals surface area contributed by atoms with Gasteiger partial charge in [0.2, 0.25) is 0 Å². The first-order valence-electron chi connectivity index (χ1n) is 3.27. The van der Waals surface area contributed by atoms with Gasteiger partial charge >= 0.3 is 5.82 Å². The van der Waals surface area contributed by atoms with Crippen LogP contribution in [0.25, 0.3) is 0 Å². The van der Waals surface area contributed by atoms with Gasteiger partial charge < -0.3 is 10.1 Å². The number of nitrogens with zero attached hydrogens (tertiary/aromatic N) is 3. The molecule has 0 atom stereocenters. The Bertz CT molecular complexity index is 350. The van der Waals surface area contributed by atoms with Gasteiger partial charge in [0.1, 0.15) is 4.47 Å². The molecule has 0 aliphatic carbocycles. The number of halogens is 2. The summed E-state index contributed by atoms with van der Waals surface area (Å²) in [5, 5.41) is 14.1. The summed E-state index contributed by atoms with van der Waals surface area (Å²) in [6.07, 6.45) is 3.15. The normalized spacial score (nSPS) is 10.9. The lowest BCUT2D eigenvalue weighted by atomic mass is 10.6. The fraction of sp³-hybridized carbons (Fsp3) is 0.167. The number of aromatic nitrogens is 2. The van der Waals surface area contributed by atoms with E-state index in [0.29, 0.717) is 11.0 Å². The molecule has 1 rings (SSSR count). The predicted octanol–water partition coefficient (Wildman–Crippen LogP) is 2.31. The summed E-state index contributed by atoms with van der Waals surface area (Å²) in [6, 6.07) is 0. The Morgan fingerprint density at radius 2 is 2.54 bits per heavy atom. The lowest BCUT2D eigenvalue weighted by molar-refractivity contribution is -0.390. The van der Waals surface area contributed by atoms with Gasteiger partial charge in [0.15, 0.2) is 0 Å². The van der Waals surface area contributed by atoms with Gasteiger partial charge in [-0.05, 0) is 26.9 Å². The zero-order chi connectivity index (χ0) is 9.84. The molecule has 0 aromatic carbocycles. The lowest BCUT2D eigenvalue weighted by Gasteiger charge is -1.86. The van der Waals surface area contributed by atoms with Gasteiger partial charge in [0.05, 0.1) is 17.8 Å². The molecule has 0 unspecified atom stereocenters. The molecule has 5 nitrogen and oxygen atoms in total. The summed E-state index contributed by atoms with van der Waals surface area (Å²) in [7, 11) is 0. The molecule has 0 radical (unpaired) electrons. The summed E-state index contributed by atoms with van der Waals surface area (Å²) in [5.41, 5.74) is 1.33. The number of allylic oxidation sites excluding steroid dienone is 1. The van der Waals surface area contributed by atoms with Crippen LogP contribution in [0.3, 0.4) is 0 Å². The third-order valence-corrected chi connectivity index (χ3v) is 1.99. The Morgan fingerprint density at radius 3 is 3.00 bits per heavy atom. The summed E-state index contributed by atoms with van der Waals surface area (Å²) in [5.74, 6) is -0.192. The van der Waals surface area contributed by atoms with Crippen molar-refractivity contribution in [2.45, 2.75) is 6.54 Å². The average Bonchev–Trinajstić information content (AvgIpc) is 2.43. The standard InChI is InChI=1S/C6H5BrClN3O2/c7-5-4-10(3-1-2-8)9-6(5)11(12)13/h1-2,4H,3H2. The maximum atomic E-state index is 10.4. The molecular weight excluding hydrogens is 261 g/mol. The van der Waals surface area contributed by atoms with Crippen LogP contribution < -0.4 is 0 Å². The quantitative estimate of drug-likeness (QED) is 0.623. The van der Waals surface area contributed by atoms with Crippen LogP contribution in [0, 0.1) is 10.1 Å². The Morgan fingerprint density at radius 1 is 1.85 bits per heavy atom. The zero-order valence-corrected chi connectivity index (χ0v) is 8.70. The highest BCUT2D eigenvalue weighted by molar-refractivity contribution is 9.10. The molecule has 0 amide bonds. The van der Waals surface area contributed by atoms with Crippen LogP contribution in [0.4, 0.5) is 5.82 Å². The first-order valence-corrected chi connectivity index (χ1v) is 4.50. The van der Waals surface area contributed by atoms with Gasteiger partial charge in [0.25, 0.3) is 0 Å². The summed E-state index contributed by atoms with van der Waals surface area (Å²) in [4.78, 5) is 9.81. The van der Waals surface area contributed by atoms with Gasteiger partial charge in [-0.25, -0.2) is 0 Å². The fourth-order valence-corrected chi connectivity index (χ4v) is 1.29. The second kappa shape index (κ2) is 4.38. The van der Waals surface area contributed by atoms with Crippen LogP contribution in [-0.2, 0) is 6.54 Å². The number of hydrogen-bond donors (Lipinski definition) is 0. The molecule has 0 spiro atoms. The highest BCUT2D eigenvalue weighted by Crippen LogP contribution is 2.21. The number of rotatable bonds is 3. The maximum Gasteiger partial charge on any atom is 0.404 e. The Balaban J connectivity index is 2.88. The summed E-state index contributed by atoms with van der Waals surface area (Å²) < 4.78 is 1.78. The van der Waals surface area contributed by atoms with Gasteiger partial charge in [-0.2, -0.15) is 4.68 Å². The average molecular weight is 266 g/mol. The smallest absolute Gasteiger partial charge is 0.358 e. The van der Waals surface area contributed by atoms with Crippen molar-refractivity contribution in [3.05, 3.63) is 32.4 Å². The van der Waals surface area contributed by atoms with E-state index in [1.165, 1.54) is 16.4 Å². The Hall–Kier alpha value is -0.880. The van der Waals surface area contributed by atoms with E-state index < -0.39 is 4.92 Å². The largest absolute Gasteiger partial charge is 0.404 e. The highest BCUT2D eigenvalue weighted by Gasteiger charge is 2.17. The van der Waals surface area contributed by atoms with E-state index in [1.54, 1.807) is 6.08 Å².